The Morgan fingerprint density at radius 2 is 1.86 bits per heavy atom. The molecule has 1 aliphatic carbocycles. The number of hydrogen-bond acceptors (Lipinski definition) is 3. The molecule has 0 bridgehead atoms. The molecule has 0 spiro atoms. The highest BCUT2D eigenvalue weighted by Crippen LogP contribution is 2.27. The van der Waals surface area contributed by atoms with Crippen LogP contribution in [0.15, 0.2) is 47.1 Å². The van der Waals surface area contributed by atoms with E-state index < -0.39 is 0 Å². The fourth-order valence-electron chi connectivity index (χ4n) is 3.07. The lowest BCUT2D eigenvalue weighted by atomic mass is 9.86. The Bertz CT molecular complexity index is 612. The van der Waals surface area contributed by atoms with Crippen molar-refractivity contribution < 1.29 is 14.3 Å². The normalized spacial score (nSPS) is 21.5. The Balaban J connectivity index is 1.68. The topological polar surface area (TPSA) is 62.5 Å². The molecule has 4 nitrogen and oxygen atoms in total. The van der Waals surface area contributed by atoms with Gasteiger partial charge in [0.2, 0.25) is 0 Å². The van der Waals surface area contributed by atoms with E-state index in [1.54, 1.807) is 6.26 Å². The van der Waals surface area contributed by atoms with Crippen LogP contribution in [0.5, 0.6) is 0 Å². The fourth-order valence-corrected chi connectivity index (χ4v) is 3.07. The van der Waals surface area contributed by atoms with E-state index in [4.69, 9.17) is 9.52 Å². The van der Waals surface area contributed by atoms with E-state index in [1.165, 1.54) is 0 Å². The first kappa shape index (κ1) is 14.9. The van der Waals surface area contributed by atoms with Crippen molar-refractivity contribution in [2.24, 2.45) is 5.92 Å². The molecule has 116 valence electrons. The molecule has 3 rings (SSSR count). The van der Waals surface area contributed by atoms with E-state index in [0.29, 0.717) is 11.7 Å². The maximum Gasteiger partial charge on any atom is 0.287 e. The minimum absolute atomic E-state index is 0.156. The third-order valence-electron chi connectivity index (χ3n) is 4.40. The lowest BCUT2D eigenvalue weighted by Crippen LogP contribution is -2.38. The highest BCUT2D eigenvalue weighted by Gasteiger charge is 2.24. The Morgan fingerprint density at radius 3 is 2.55 bits per heavy atom. The first-order valence-electron chi connectivity index (χ1n) is 7.82. The average molecular weight is 299 g/mol. The van der Waals surface area contributed by atoms with Gasteiger partial charge in [-0.2, -0.15) is 0 Å². The molecule has 0 unspecified atom stereocenters. The summed E-state index contributed by atoms with van der Waals surface area (Å²) >= 11 is 0. The zero-order valence-electron chi connectivity index (χ0n) is 12.5. The predicted molar refractivity (Wildman–Crippen MR) is 84.4 cm³/mol. The first-order valence-corrected chi connectivity index (χ1v) is 7.82. The average Bonchev–Trinajstić information content (AvgIpc) is 3.06. The maximum absolute atomic E-state index is 12.5. The molecule has 1 fully saturated rings. The van der Waals surface area contributed by atoms with Crippen molar-refractivity contribution in [3.05, 3.63) is 48.4 Å². The molecule has 1 aliphatic rings. The monoisotopic (exact) mass is 299 g/mol. The molecular formula is C18H21NO3. The largest absolute Gasteiger partial charge is 0.459 e. The van der Waals surface area contributed by atoms with Gasteiger partial charge in [-0.15, -0.1) is 0 Å². The third kappa shape index (κ3) is 3.22. The summed E-state index contributed by atoms with van der Waals surface area (Å²) in [4.78, 5) is 12.5. The molecule has 0 saturated heterocycles. The molecule has 0 atom stereocenters. The van der Waals surface area contributed by atoms with Crippen molar-refractivity contribution in [1.29, 1.82) is 0 Å². The van der Waals surface area contributed by atoms with Gasteiger partial charge in [0.25, 0.3) is 5.91 Å². The number of carbonyl (C=O) groups is 1. The van der Waals surface area contributed by atoms with Crippen LogP contribution < -0.4 is 5.32 Å². The molecule has 22 heavy (non-hydrogen) atoms. The van der Waals surface area contributed by atoms with Gasteiger partial charge in [0, 0.05) is 18.2 Å². The minimum atomic E-state index is -0.156. The summed E-state index contributed by atoms with van der Waals surface area (Å²) in [6.07, 6.45) is 5.31. The molecule has 1 amide bonds. The van der Waals surface area contributed by atoms with Crippen LogP contribution in [0.25, 0.3) is 11.1 Å². The van der Waals surface area contributed by atoms with Crippen molar-refractivity contribution in [1.82, 2.24) is 5.32 Å². The third-order valence-corrected chi connectivity index (χ3v) is 4.40. The second-order valence-electron chi connectivity index (χ2n) is 5.90. The molecule has 0 radical (unpaired) electrons. The maximum atomic E-state index is 12.5. The van der Waals surface area contributed by atoms with Gasteiger partial charge >= 0.3 is 0 Å². The zero-order chi connectivity index (χ0) is 15.4. The van der Waals surface area contributed by atoms with E-state index in [2.05, 4.69) is 5.32 Å². The van der Waals surface area contributed by atoms with E-state index in [-0.39, 0.29) is 18.6 Å². The van der Waals surface area contributed by atoms with Crippen LogP contribution in [0, 0.1) is 5.92 Å². The second-order valence-corrected chi connectivity index (χ2v) is 5.90. The van der Waals surface area contributed by atoms with Gasteiger partial charge in [-0.25, -0.2) is 0 Å². The van der Waals surface area contributed by atoms with Crippen LogP contribution in [0.1, 0.15) is 36.2 Å². The Kier molecular flexibility index (Phi) is 4.59. The van der Waals surface area contributed by atoms with Crippen molar-refractivity contribution in [3.63, 3.8) is 0 Å². The molecule has 1 aromatic carbocycles. The number of aliphatic hydroxyl groups is 1. The predicted octanol–water partition coefficient (Wildman–Crippen LogP) is 3.23. The summed E-state index contributed by atoms with van der Waals surface area (Å²) in [5, 5.41) is 12.2. The fraction of sp³-hybridized carbons (Fsp3) is 0.389. The summed E-state index contributed by atoms with van der Waals surface area (Å²) < 4.78 is 5.41. The number of furan rings is 1. The molecule has 4 heteroatoms. The SMILES string of the molecule is O=C(NC1CCC(CO)CC1)c1occc1-c1ccccc1. The first-order chi connectivity index (χ1) is 10.8. The van der Waals surface area contributed by atoms with Crippen LogP contribution in [0.3, 0.4) is 0 Å². The van der Waals surface area contributed by atoms with Gasteiger partial charge < -0.3 is 14.8 Å². The molecule has 2 N–H and O–H groups in total. The Hall–Kier alpha value is -2.07. The zero-order valence-corrected chi connectivity index (χ0v) is 12.5. The van der Waals surface area contributed by atoms with Gasteiger partial charge in [0.05, 0.1) is 6.26 Å². The smallest absolute Gasteiger partial charge is 0.287 e. The number of amides is 1. The Morgan fingerprint density at radius 1 is 1.14 bits per heavy atom. The number of benzene rings is 1. The van der Waals surface area contributed by atoms with Crippen molar-refractivity contribution in [2.45, 2.75) is 31.7 Å². The number of rotatable bonds is 4. The van der Waals surface area contributed by atoms with Gasteiger partial charge in [0.15, 0.2) is 5.76 Å². The highest BCUT2D eigenvalue weighted by molar-refractivity contribution is 5.98. The van der Waals surface area contributed by atoms with Crippen molar-refractivity contribution in [3.8, 4) is 11.1 Å². The van der Waals surface area contributed by atoms with Crippen molar-refractivity contribution in [2.75, 3.05) is 6.61 Å². The quantitative estimate of drug-likeness (QED) is 0.911. The van der Waals surface area contributed by atoms with Crippen LogP contribution in [0.2, 0.25) is 0 Å². The summed E-state index contributed by atoms with van der Waals surface area (Å²) in [6, 6.07) is 11.8. The van der Waals surface area contributed by atoms with E-state index in [9.17, 15) is 4.79 Å². The minimum Gasteiger partial charge on any atom is -0.459 e. The highest BCUT2D eigenvalue weighted by atomic mass is 16.3. The number of aliphatic hydroxyl groups excluding tert-OH is 1. The van der Waals surface area contributed by atoms with Gasteiger partial charge in [-0.3, -0.25) is 4.79 Å². The van der Waals surface area contributed by atoms with Crippen LogP contribution in [-0.2, 0) is 0 Å². The molecule has 0 aliphatic heterocycles. The molecular weight excluding hydrogens is 278 g/mol. The molecule has 2 aromatic rings. The summed E-state index contributed by atoms with van der Waals surface area (Å²) in [5.74, 6) is 0.600. The van der Waals surface area contributed by atoms with Gasteiger partial charge in [0.1, 0.15) is 0 Å². The standard InChI is InChI=1S/C18H21NO3/c20-12-13-6-8-15(9-7-13)19-18(21)17-16(10-11-22-17)14-4-2-1-3-5-14/h1-5,10-11,13,15,20H,6-9,12H2,(H,19,21). The number of nitrogens with one attached hydrogen (secondary N) is 1. The number of hydrogen-bond donors (Lipinski definition) is 2. The van der Waals surface area contributed by atoms with E-state index >= 15 is 0 Å². The Labute approximate surface area is 130 Å². The number of carbonyl (C=O) groups excluding carboxylic acids is 1. The summed E-state index contributed by atoms with van der Waals surface area (Å²) in [7, 11) is 0. The van der Waals surface area contributed by atoms with E-state index in [0.717, 1.165) is 36.8 Å². The lowest BCUT2D eigenvalue weighted by molar-refractivity contribution is 0.0887. The van der Waals surface area contributed by atoms with Gasteiger partial charge in [-0.05, 0) is 43.2 Å². The van der Waals surface area contributed by atoms with Crippen LogP contribution in [0.4, 0.5) is 0 Å². The summed E-state index contributed by atoms with van der Waals surface area (Å²) in [6.45, 7) is 0.247. The molecule has 1 aromatic heterocycles. The molecule has 1 heterocycles. The summed E-state index contributed by atoms with van der Waals surface area (Å²) in [5.41, 5.74) is 1.80. The van der Waals surface area contributed by atoms with Crippen molar-refractivity contribution >= 4 is 5.91 Å². The van der Waals surface area contributed by atoms with E-state index in [1.807, 2.05) is 36.4 Å². The van der Waals surface area contributed by atoms with Crippen LogP contribution >= 0.6 is 0 Å². The van der Waals surface area contributed by atoms with Crippen LogP contribution in [-0.4, -0.2) is 23.7 Å². The van der Waals surface area contributed by atoms with Gasteiger partial charge in [-0.1, -0.05) is 30.3 Å². The molecule has 1 saturated carbocycles. The second kappa shape index (κ2) is 6.79. The lowest BCUT2D eigenvalue weighted by Gasteiger charge is -2.27.